The van der Waals surface area contributed by atoms with Gasteiger partial charge in [0, 0.05) is 13.0 Å². The van der Waals surface area contributed by atoms with Crippen LogP contribution in [-0.4, -0.2) is 37.6 Å². The van der Waals surface area contributed by atoms with Crippen molar-refractivity contribution in [3.8, 4) is 0 Å². The second-order valence-electron chi connectivity index (χ2n) is 4.65. The molecule has 0 aliphatic carbocycles. The molecule has 0 unspecified atom stereocenters. The first-order valence-corrected chi connectivity index (χ1v) is 6.18. The third kappa shape index (κ3) is 4.34. The summed E-state index contributed by atoms with van der Waals surface area (Å²) in [7, 11) is 1.37. The van der Waals surface area contributed by atoms with Crippen LogP contribution in [0.15, 0.2) is 0 Å². The summed E-state index contributed by atoms with van der Waals surface area (Å²) >= 11 is 0. The van der Waals surface area contributed by atoms with E-state index in [0.717, 1.165) is 25.8 Å². The van der Waals surface area contributed by atoms with Gasteiger partial charge in [-0.3, -0.25) is 9.59 Å². The molecule has 1 saturated heterocycles. The van der Waals surface area contributed by atoms with Gasteiger partial charge in [-0.05, 0) is 39.2 Å². The molecule has 17 heavy (non-hydrogen) atoms. The molecule has 98 valence electrons. The van der Waals surface area contributed by atoms with Crippen molar-refractivity contribution in [2.24, 2.45) is 0 Å². The van der Waals surface area contributed by atoms with Crippen LogP contribution in [0.25, 0.3) is 0 Å². The number of nitrogens with one attached hydrogen (secondary N) is 2. The molecular weight excluding hydrogens is 220 g/mol. The summed E-state index contributed by atoms with van der Waals surface area (Å²) in [6.07, 6.45) is 4.05. The fraction of sp³-hybridized carbons (Fsp3) is 0.833. The first-order valence-electron chi connectivity index (χ1n) is 6.18. The van der Waals surface area contributed by atoms with Crippen LogP contribution in [0.2, 0.25) is 0 Å². The van der Waals surface area contributed by atoms with Gasteiger partial charge in [0.15, 0.2) is 0 Å². The molecule has 2 N–H and O–H groups in total. The molecule has 0 bridgehead atoms. The highest BCUT2D eigenvalue weighted by atomic mass is 16.5. The number of hydrogen-bond acceptors (Lipinski definition) is 4. The van der Waals surface area contributed by atoms with Crippen molar-refractivity contribution in [3.05, 3.63) is 0 Å². The van der Waals surface area contributed by atoms with E-state index in [9.17, 15) is 9.59 Å². The quantitative estimate of drug-likeness (QED) is 0.547. The van der Waals surface area contributed by atoms with Crippen molar-refractivity contribution in [3.63, 3.8) is 0 Å². The Labute approximate surface area is 102 Å². The van der Waals surface area contributed by atoms with Crippen LogP contribution >= 0.6 is 0 Å². The molecule has 0 aromatic heterocycles. The van der Waals surface area contributed by atoms with Gasteiger partial charge in [-0.1, -0.05) is 0 Å². The second kappa shape index (κ2) is 6.59. The fourth-order valence-electron chi connectivity index (χ4n) is 1.98. The zero-order chi connectivity index (χ0) is 12.7. The van der Waals surface area contributed by atoms with Crippen molar-refractivity contribution in [1.29, 1.82) is 0 Å². The number of hydrogen-bond donors (Lipinski definition) is 2. The lowest BCUT2D eigenvalue weighted by Crippen LogP contribution is -2.57. The largest absolute Gasteiger partial charge is 0.469 e. The number of carbonyl (C=O) groups is 2. The molecule has 5 heteroatoms. The molecule has 5 nitrogen and oxygen atoms in total. The van der Waals surface area contributed by atoms with Gasteiger partial charge in [0.25, 0.3) is 0 Å². The molecule has 1 aliphatic rings. The zero-order valence-corrected chi connectivity index (χ0v) is 10.7. The number of carbonyl (C=O) groups excluding carboxylic acids is 2. The smallest absolute Gasteiger partial charge is 0.305 e. The molecule has 0 aromatic rings. The normalized spacial score (nSPS) is 24.1. The van der Waals surface area contributed by atoms with Crippen molar-refractivity contribution in [2.75, 3.05) is 20.2 Å². The molecule has 0 saturated carbocycles. The standard InChI is InChI=1S/C12H22N2O3/c1-12(7-3-4-9-14-12)11(16)13-8-5-6-10(15)17-2/h14H,3-9H2,1-2H3,(H,13,16)/t12-/m0/s1. The van der Waals surface area contributed by atoms with Crippen LogP contribution in [0.4, 0.5) is 0 Å². The minimum Gasteiger partial charge on any atom is -0.469 e. The maximum Gasteiger partial charge on any atom is 0.305 e. The minimum absolute atomic E-state index is 0.0297. The number of piperidine rings is 1. The molecule has 1 amide bonds. The Kier molecular flexibility index (Phi) is 5.41. The molecule has 0 radical (unpaired) electrons. The van der Waals surface area contributed by atoms with Crippen LogP contribution in [0.3, 0.4) is 0 Å². The van der Waals surface area contributed by atoms with Gasteiger partial charge in [-0.2, -0.15) is 0 Å². The van der Waals surface area contributed by atoms with E-state index in [0.29, 0.717) is 19.4 Å². The van der Waals surface area contributed by atoms with E-state index < -0.39 is 5.54 Å². The van der Waals surface area contributed by atoms with Crippen molar-refractivity contribution in [1.82, 2.24) is 10.6 Å². The van der Waals surface area contributed by atoms with Crippen LogP contribution in [0.1, 0.15) is 39.0 Å². The van der Waals surface area contributed by atoms with E-state index in [1.807, 2.05) is 6.92 Å². The molecule has 1 heterocycles. The highest BCUT2D eigenvalue weighted by Crippen LogP contribution is 2.18. The van der Waals surface area contributed by atoms with Crippen molar-refractivity contribution < 1.29 is 14.3 Å². The van der Waals surface area contributed by atoms with Gasteiger partial charge in [0.1, 0.15) is 0 Å². The fourth-order valence-corrected chi connectivity index (χ4v) is 1.98. The monoisotopic (exact) mass is 242 g/mol. The molecular formula is C12H22N2O3. The van der Waals surface area contributed by atoms with E-state index in [1.165, 1.54) is 7.11 Å². The summed E-state index contributed by atoms with van der Waals surface area (Å²) < 4.78 is 4.53. The Hall–Kier alpha value is -1.10. The van der Waals surface area contributed by atoms with Crippen molar-refractivity contribution in [2.45, 2.75) is 44.6 Å². The summed E-state index contributed by atoms with van der Waals surface area (Å²) in [5.41, 5.74) is -0.441. The number of amides is 1. The molecule has 1 aliphatic heterocycles. The zero-order valence-electron chi connectivity index (χ0n) is 10.7. The Morgan fingerprint density at radius 1 is 1.41 bits per heavy atom. The predicted molar refractivity (Wildman–Crippen MR) is 64.5 cm³/mol. The van der Waals surface area contributed by atoms with E-state index >= 15 is 0 Å². The molecule has 1 fully saturated rings. The van der Waals surface area contributed by atoms with Crippen LogP contribution < -0.4 is 10.6 Å². The summed E-state index contributed by atoms with van der Waals surface area (Å²) in [4.78, 5) is 22.8. The lowest BCUT2D eigenvalue weighted by molar-refractivity contribution is -0.140. The van der Waals surface area contributed by atoms with Gasteiger partial charge >= 0.3 is 5.97 Å². The van der Waals surface area contributed by atoms with Gasteiger partial charge in [0.05, 0.1) is 12.6 Å². The summed E-state index contributed by atoms with van der Waals surface area (Å²) in [6.45, 7) is 3.35. The van der Waals surface area contributed by atoms with Gasteiger partial charge in [0.2, 0.25) is 5.91 Å². The van der Waals surface area contributed by atoms with Gasteiger partial charge < -0.3 is 15.4 Å². The Morgan fingerprint density at radius 2 is 2.18 bits per heavy atom. The highest BCUT2D eigenvalue weighted by Gasteiger charge is 2.33. The Balaban J connectivity index is 2.22. The average molecular weight is 242 g/mol. The number of esters is 1. The minimum atomic E-state index is -0.441. The molecule has 1 rings (SSSR count). The van der Waals surface area contributed by atoms with Crippen molar-refractivity contribution >= 4 is 11.9 Å². The predicted octanol–water partition coefficient (Wildman–Crippen LogP) is 0.588. The third-order valence-electron chi connectivity index (χ3n) is 3.19. The maximum absolute atomic E-state index is 11.9. The Bertz CT molecular complexity index is 273. The number of methoxy groups -OCH3 is 1. The topological polar surface area (TPSA) is 67.4 Å². The first-order chi connectivity index (χ1) is 8.08. The van der Waals surface area contributed by atoms with Gasteiger partial charge in [-0.15, -0.1) is 0 Å². The summed E-state index contributed by atoms with van der Waals surface area (Å²) in [5, 5.41) is 6.12. The van der Waals surface area contributed by atoms with Crippen LogP contribution in [0, 0.1) is 0 Å². The SMILES string of the molecule is COC(=O)CCCNC(=O)[C@]1(C)CCCCN1. The maximum atomic E-state index is 11.9. The summed E-state index contributed by atoms with van der Waals surface area (Å²) in [6, 6.07) is 0. The Morgan fingerprint density at radius 3 is 2.76 bits per heavy atom. The molecule has 0 spiro atoms. The average Bonchev–Trinajstić information content (AvgIpc) is 2.34. The van der Waals surface area contributed by atoms with Crippen LogP contribution in [0.5, 0.6) is 0 Å². The highest BCUT2D eigenvalue weighted by molar-refractivity contribution is 5.86. The van der Waals surface area contributed by atoms with E-state index in [2.05, 4.69) is 15.4 Å². The molecule has 1 atom stereocenters. The van der Waals surface area contributed by atoms with Gasteiger partial charge in [-0.25, -0.2) is 0 Å². The lowest BCUT2D eigenvalue weighted by Gasteiger charge is -2.33. The van der Waals surface area contributed by atoms with Crippen LogP contribution in [-0.2, 0) is 14.3 Å². The second-order valence-corrected chi connectivity index (χ2v) is 4.65. The third-order valence-corrected chi connectivity index (χ3v) is 3.19. The van der Waals surface area contributed by atoms with E-state index in [-0.39, 0.29) is 11.9 Å². The first kappa shape index (κ1) is 14.0. The molecule has 0 aromatic carbocycles. The summed E-state index contributed by atoms with van der Waals surface area (Å²) in [5.74, 6) is -0.205. The van der Waals surface area contributed by atoms with E-state index in [1.54, 1.807) is 0 Å². The number of ether oxygens (including phenoxy) is 1. The van der Waals surface area contributed by atoms with E-state index in [4.69, 9.17) is 0 Å². The lowest BCUT2D eigenvalue weighted by atomic mass is 9.90. The number of rotatable bonds is 5.